The SMILES string of the molecule is CNc1sc2c(c1C(N)=O)CCN(C(=O)c1ccc(NN)c(N)c1)C2. The molecule has 0 aliphatic carbocycles. The molecule has 0 unspecified atom stereocenters. The van der Waals surface area contributed by atoms with Crippen molar-refractivity contribution in [2.75, 3.05) is 30.1 Å². The second-order valence-corrected chi connectivity index (χ2v) is 6.85. The van der Waals surface area contributed by atoms with Crippen LogP contribution in [-0.2, 0) is 13.0 Å². The Morgan fingerprint density at radius 3 is 2.68 bits per heavy atom. The number of hydrazine groups is 1. The Bertz CT molecular complexity index is 847. The van der Waals surface area contributed by atoms with Gasteiger partial charge in [0.15, 0.2) is 0 Å². The van der Waals surface area contributed by atoms with Crippen molar-refractivity contribution in [3.8, 4) is 0 Å². The number of fused-ring (bicyclic) bond motifs is 1. The van der Waals surface area contributed by atoms with Gasteiger partial charge in [-0.25, -0.2) is 0 Å². The minimum absolute atomic E-state index is 0.110. The number of anilines is 3. The quantitative estimate of drug-likeness (QED) is 0.312. The molecule has 0 saturated carbocycles. The summed E-state index contributed by atoms with van der Waals surface area (Å²) in [5.41, 5.74) is 16.8. The number of rotatable bonds is 4. The number of amides is 2. The zero-order valence-electron chi connectivity index (χ0n) is 13.8. The number of carbonyl (C=O) groups is 2. The van der Waals surface area contributed by atoms with Crippen LogP contribution in [-0.4, -0.2) is 30.3 Å². The predicted molar refractivity (Wildman–Crippen MR) is 99.5 cm³/mol. The van der Waals surface area contributed by atoms with E-state index in [-0.39, 0.29) is 5.91 Å². The number of hydrogen-bond donors (Lipinski definition) is 5. The van der Waals surface area contributed by atoms with E-state index in [0.29, 0.717) is 42.0 Å². The van der Waals surface area contributed by atoms with Gasteiger partial charge in [-0.1, -0.05) is 0 Å². The first-order chi connectivity index (χ1) is 12.0. The van der Waals surface area contributed by atoms with E-state index < -0.39 is 5.91 Å². The molecule has 1 aliphatic rings. The number of nitrogens with zero attached hydrogens (tertiary/aromatic N) is 1. The summed E-state index contributed by atoms with van der Waals surface area (Å²) >= 11 is 1.46. The van der Waals surface area contributed by atoms with E-state index >= 15 is 0 Å². The molecule has 0 atom stereocenters. The maximum absolute atomic E-state index is 12.8. The highest BCUT2D eigenvalue weighted by molar-refractivity contribution is 7.16. The Morgan fingerprint density at radius 2 is 2.08 bits per heavy atom. The summed E-state index contributed by atoms with van der Waals surface area (Å²) in [4.78, 5) is 27.2. The Labute approximate surface area is 148 Å². The molecule has 9 heteroatoms. The molecule has 1 aromatic heterocycles. The molecule has 3 rings (SSSR count). The summed E-state index contributed by atoms with van der Waals surface area (Å²) in [7, 11) is 1.75. The van der Waals surface area contributed by atoms with E-state index in [4.69, 9.17) is 17.3 Å². The average Bonchev–Trinajstić information content (AvgIpc) is 2.98. The molecule has 8 nitrogen and oxygen atoms in total. The zero-order valence-corrected chi connectivity index (χ0v) is 14.6. The normalized spacial score (nSPS) is 13.3. The third kappa shape index (κ3) is 2.99. The highest BCUT2D eigenvalue weighted by Crippen LogP contribution is 2.37. The van der Waals surface area contributed by atoms with Crippen molar-refractivity contribution >= 4 is 39.5 Å². The lowest BCUT2D eigenvalue weighted by Crippen LogP contribution is -2.36. The van der Waals surface area contributed by atoms with Crippen LogP contribution in [0.2, 0.25) is 0 Å². The highest BCUT2D eigenvalue weighted by atomic mass is 32.1. The van der Waals surface area contributed by atoms with Crippen LogP contribution in [0.15, 0.2) is 18.2 Å². The van der Waals surface area contributed by atoms with Crippen molar-refractivity contribution in [2.24, 2.45) is 11.6 Å². The van der Waals surface area contributed by atoms with Crippen LogP contribution < -0.4 is 28.1 Å². The van der Waals surface area contributed by atoms with Crippen LogP contribution in [0.4, 0.5) is 16.4 Å². The largest absolute Gasteiger partial charge is 0.397 e. The molecule has 0 saturated heterocycles. The van der Waals surface area contributed by atoms with Crippen molar-refractivity contribution in [2.45, 2.75) is 13.0 Å². The summed E-state index contributed by atoms with van der Waals surface area (Å²) in [6.45, 7) is 0.959. The van der Waals surface area contributed by atoms with E-state index in [1.807, 2.05) is 0 Å². The van der Waals surface area contributed by atoms with E-state index in [2.05, 4.69) is 10.7 Å². The second-order valence-electron chi connectivity index (χ2n) is 5.75. The molecule has 25 heavy (non-hydrogen) atoms. The van der Waals surface area contributed by atoms with Crippen LogP contribution in [0.3, 0.4) is 0 Å². The molecule has 2 heterocycles. The molecule has 1 aromatic carbocycles. The van der Waals surface area contributed by atoms with Gasteiger partial charge in [0.05, 0.1) is 23.5 Å². The van der Waals surface area contributed by atoms with Crippen LogP contribution >= 0.6 is 11.3 Å². The molecule has 0 spiro atoms. The molecule has 8 N–H and O–H groups in total. The Hall–Kier alpha value is -2.78. The van der Waals surface area contributed by atoms with Crippen LogP contribution in [0.25, 0.3) is 0 Å². The van der Waals surface area contributed by atoms with Gasteiger partial charge in [-0.2, -0.15) is 0 Å². The van der Waals surface area contributed by atoms with Gasteiger partial charge in [-0.05, 0) is 30.2 Å². The molecule has 0 radical (unpaired) electrons. The number of nitrogens with one attached hydrogen (secondary N) is 2. The molecule has 2 aromatic rings. The van der Waals surface area contributed by atoms with E-state index in [1.165, 1.54) is 11.3 Å². The van der Waals surface area contributed by atoms with Gasteiger partial charge >= 0.3 is 0 Å². The fourth-order valence-electron chi connectivity index (χ4n) is 3.02. The fourth-order valence-corrected chi connectivity index (χ4v) is 4.25. The minimum Gasteiger partial charge on any atom is -0.397 e. The predicted octanol–water partition coefficient (Wildman–Crippen LogP) is 0.955. The zero-order chi connectivity index (χ0) is 18.1. The summed E-state index contributed by atoms with van der Waals surface area (Å²) < 4.78 is 0. The Kier molecular flexibility index (Phi) is 4.51. The number of nitrogen functional groups attached to an aromatic ring is 2. The van der Waals surface area contributed by atoms with Gasteiger partial charge in [0.1, 0.15) is 5.00 Å². The molecule has 1 aliphatic heterocycles. The van der Waals surface area contributed by atoms with Gasteiger partial charge in [0.25, 0.3) is 11.8 Å². The minimum atomic E-state index is -0.445. The van der Waals surface area contributed by atoms with Gasteiger partial charge in [-0.15, -0.1) is 11.3 Å². The standard InChI is InChI=1S/C16H20N6O2S/c1-20-15-13(14(18)23)9-4-5-22(7-12(9)25-15)16(24)8-2-3-11(21-19)10(17)6-8/h2-3,6,20-21H,4-5,7,17,19H2,1H3,(H2,18,23). The van der Waals surface area contributed by atoms with Gasteiger partial charge in [0, 0.05) is 24.0 Å². The lowest BCUT2D eigenvalue weighted by molar-refractivity contribution is 0.0737. The van der Waals surface area contributed by atoms with E-state index in [0.717, 1.165) is 15.4 Å². The molecule has 0 bridgehead atoms. The van der Waals surface area contributed by atoms with Crippen LogP contribution in [0, 0.1) is 0 Å². The van der Waals surface area contributed by atoms with Gasteiger partial charge in [0.2, 0.25) is 0 Å². The third-order valence-electron chi connectivity index (χ3n) is 4.27. The molecule has 132 valence electrons. The number of nitrogens with two attached hydrogens (primary N) is 3. The van der Waals surface area contributed by atoms with Crippen molar-refractivity contribution in [3.05, 3.63) is 39.8 Å². The smallest absolute Gasteiger partial charge is 0.254 e. The first kappa shape index (κ1) is 17.1. The average molecular weight is 360 g/mol. The maximum Gasteiger partial charge on any atom is 0.254 e. The van der Waals surface area contributed by atoms with E-state index in [1.54, 1.807) is 30.1 Å². The van der Waals surface area contributed by atoms with Crippen LogP contribution in [0.5, 0.6) is 0 Å². The van der Waals surface area contributed by atoms with Crippen molar-refractivity contribution in [1.82, 2.24) is 4.90 Å². The molecule has 2 amide bonds. The summed E-state index contributed by atoms with van der Waals surface area (Å²) in [6, 6.07) is 4.97. The lowest BCUT2D eigenvalue weighted by Gasteiger charge is -2.27. The highest BCUT2D eigenvalue weighted by Gasteiger charge is 2.29. The van der Waals surface area contributed by atoms with Crippen molar-refractivity contribution in [1.29, 1.82) is 0 Å². The summed E-state index contributed by atoms with van der Waals surface area (Å²) in [6.07, 6.45) is 0.593. The Morgan fingerprint density at radius 1 is 1.32 bits per heavy atom. The lowest BCUT2D eigenvalue weighted by atomic mass is 10.0. The summed E-state index contributed by atoms with van der Waals surface area (Å²) in [5.74, 6) is 4.80. The van der Waals surface area contributed by atoms with Crippen LogP contribution in [0.1, 0.15) is 31.2 Å². The first-order valence-electron chi connectivity index (χ1n) is 7.73. The number of carbonyl (C=O) groups excluding carboxylic acids is 2. The third-order valence-corrected chi connectivity index (χ3v) is 5.51. The van der Waals surface area contributed by atoms with E-state index in [9.17, 15) is 9.59 Å². The van der Waals surface area contributed by atoms with Gasteiger partial charge in [-0.3, -0.25) is 15.4 Å². The number of benzene rings is 1. The fraction of sp³-hybridized carbons (Fsp3) is 0.250. The second kappa shape index (κ2) is 6.61. The first-order valence-corrected chi connectivity index (χ1v) is 8.55. The number of primary amides is 1. The Balaban J connectivity index is 1.86. The summed E-state index contributed by atoms with van der Waals surface area (Å²) in [5, 5.41) is 3.75. The maximum atomic E-state index is 12.8. The molecule has 0 fully saturated rings. The van der Waals surface area contributed by atoms with Crippen molar-refractivity contribution < 1.29 is 9.59 Å². The monoisotopic (exact) mass is 360 g/mol. The molecular formula is C16H20N6O2S. The van der Waals surface area contributed by atoms with Gasteiger partial charge < -0.3 is 27.1 Å². The number of hydrogen-bond acceptors (Lipinski definition) is 7. The molecular weight excluding hydrogens is 340 g/mol. The van der Waals surface area contributed by atoms with Crippen molar-refractivity contribution in [3.63, 3.8) is 0 Å². The number of thiophene rings is 1. The topological polar surface area (TPSA) is 140 Å².